The summed E-state index contributed by atoms with van der Waals surface area (Å²) >= 11 is 3.17. The first-order chi connectivity index (χ1) is 12.8. The molecule has 1 aliphatic heterocycles. The molecule has 6 nitrogen and oxygen atoms in total. The molecule has 0 aromatic heterocycles. The number of hydrogen-bond donors (Lipinski definition) is 0. The highest BCUT2D eigenvalue weighted by molar-refractivity contribution is 9.10. The monoisotopic (exact) mass is 432 g/mol. The van der Waals surface area contributed by atoms with Crippen molar-refractivity contribution in [2.75, 3.05) is 14.1 Å². The van der Waals surface area contributed by atoms with Gasteiger partial charge in [-0.05, 0) is 30.3 Å². The van der Waals surface area contributed by atoms with Gasteiger partial charge in [-0.15, -0.1) is 0 Å². The Morgan fingerprint density at radius 2 is 1.59 bits per heavy atom. The van der Waals surface area contributed by atoms with Crippen molar-refractivity contribution in [1.29, 1.82) is 0 Å². The van der Waals surface area contributed by atoms with E-state index in [4.69, 9.17) is 4.74 Å². The first kappa shape index (κ1) is 18.8. The van der Waals surface area contributed by atoms with Crippen LogP contribution in [-0.2, 0) is 9.59 Å². The van der Waals surface area contributed by atoms with Crippen LogP contribution in [0.4, 0.5) is 9.18 Å². The maximum atomic E-state index is 14.1. The van der Waals surface area contributed by atoms with Crippen LogP contribution < -0.4 is 4.74 Å². The van der Waals surface area contributed by atoms with Gasteiger partial charge in [0.05, 0.1) is 0 Å². The number of amides is 4. The van der Waals surface area contributed by atoms with Crippen molar-refractivity contribution in [3.05, 3.63) is 63.9 Å². The van der Waals surface area contributed by atoms with E-state index in [1.807, 2.05) is 0 Å². The van der Waals surface area contributed by atoms with Gasteiger partial charge in [-0.25, -0.2) is 9.18 Å². The zero-order valence-electron chi connectivity index (χ0n) is 14.4. The van der Waals surface area contributed by atoms with Gasteiger partial charge in [0, 0.05) is 24.1 Å². The number of urea groups is 1. The maximum Gasteiger partial charge on any atom is 0.333 e. The molecule has 8 heteroatoms. The van der Waals surface area contributed by atoms with E-state index in [1.165, 1.54) is 32.3 Å². The van der Waals surface area contributed by atoms with E-state index in [-0.39, 0.29) is 17.1 Å². The Kier molecular flexibility index (Phi) is 5.09. The summed E-state index contributed by atoms with van der Waals surface area (Å²) in [4.78, 5) is 38.2. The fraction of sp³-hybridized carbons (Fsp3) is 0.105. The smallest absolute Gasteiger partial charge is 0.333 e. The van der Waals surface area contributed by atoms with Crippen molar-refractivity contribution >= 4 is 39.9 Å². The Bertz CT molecular complexity index is 963. The van der Waals surface area contributed by atoms with Crippen LogP contribution in [0.25, 0.3) is 6.08 Å². The molecule has 0 radical (unpaired) electrons. The van der Waals surface area contributed by atoms with Gasteiger partial charge in [0.1, 0.15) is 11.3 Å². The van der Waals surface area contributed by atoms with Crippen molar-refractivity contribution in [2.45, 2.75) is 0 Å². The molecule has 0 spiro atoms. The van der Waals surface area contributed by atoms with Gasteiger partial charge in [-0.2, -0.15) is 0 Å². The van der Waals surface area contributed by atoms with Crippen LogP contribution in [-0.4, -0.2) is 41.7 Å². The highest BCUT2D eigenvalue weighted by Gasteiger charge is 2.37. The minimum atomic E-state index is -0.715. The lowest BCUT2D eigenvalue weighted by atomic mass is 10.1. The zero-order chi connectivity index (χ0) is 19.7. The summed E-state index contributed by atoms with van der Waals surface area (Å²) in [5.74, 6) is -1.74. The summed E-state index contributed by atoms with van der Waals surface area (Å²) in [6.07, 6.45) is 1.33. The van der Waals surface area contributed by atoms with Crippen LogP contribution in [0.5, 0.6) is 11.5 Å². The average molecular weight is 433 g/mol. The van der Waals surface area contributed by atoms with Gasteiger partial charge in [0.15, 0.2) is 11.6 Å². The number of hydrogen-bond acceptors (Lipinski definition) is 4. The summed E-state index contributed by atoms with van der Waals surface area (Å²) in [7, 11) is 2.59. The second-order valence-electron chi connectivity index (χ2n) is 5.78. The molecule has 1 fully saturated rings. The van der Waals surface area contributed by atoms with Gasteiger partial charge in [0.2, 0.25) is 0 Å². The molecule has 1 saturated heterocycles. The Balaban J connectivity index is 2.01. The van der Waals surface area contributed by atoms with Crippen LogP contribution in [0.3, 0.4) is 0 Å². The average Bonchev–Trinajstić information content (AvgIpc) is 2.65. The van der Waals surface area contributed by atoms with Crippen molar-refractivity contribution in [3.8, 4) is 11.5 Å². The number of para-hydroxylation sites is 1. The van der Waals surface area contributed by atoms with Crippen LogP contribution in [0.1, 0.15) is 5.56 Å². The van der Waals surface area contributed by atoms with Gasteiger partial charge in [-0.3, -0.25) is 19.4 Å². The van der Waals surface area contributed by atoms with E-state index in [1.54, 1.807) is 30.3 Å². The Morgan fingerprint density at radius 3 is 2.22 bits per heavy atom. The molecule has 4 amide bonds. The van der Waals surface area contributed by atoms with E-state index < -0.39 is 23.7 Å². The molecule has 27 heavy (non-hydrogen) atoms. The molecule has 3 rings (SSSR count). The van der Waals surface area contributed by atoms with E-state index in [2.05, 4.69) is 15.9 Å². The Labute approximate surface area is 162 Å². The van der Waals surface area contributed by atoms with Gasteiger partial charge in [-0.1, -0.05) is 34.1 Å². The largest absolute Gasteiger partial charge is 0.454 e. The first-order valence-corrected chi connectivity index (χ1v) is 8.62. The van der Waals surface area contributed by atoms with Crippen LogP contribution in [0.15, 0.2) is 52.5 Å². The Morgan fingerprint density at radius 1 is 0.963 bits per heavy atom. The number of carbonyl (C=O) groups excluding carboxylic acids is 3. The summed E-state index contributed by atoms with van der Waals surface area (Å²) in [5.41, 5.74) is 0.208. The van der Waals surface area contributed by atoms with Crippen LogP contribution >= 0.6 is 15.9 Å². The molecular weight excluding hydrogens is 419 g/mol. The molecule has 0 N–H and O–H groups in total. The first-order valence-electron chi connectivity index (χ1n) is 7.83. The van der Waals surface area contributed by atoms with Crippen molar-refractivity contribution in [1.82, 2.24) is 9.80 Å². The van der Waals surface area contributed by atoms with Gasteiger partial charge >= 0.3 is 6.03 Å². The summed E-state index contributed by atoms with van der Waals surface area (Å²) < 4.78 is 20.3. The lowest BCUT2D eigenvalue weighted by molar-refractivity contribution is -0.134. The Hall–Kier alpha value is -3.00. The highest BCUT2D eigenvalue weighted by atomic mass is 79.9. The van der Waals surface area contributed by atoms with Gasteiger partial charge in [0.25, 0.3) is 11.8 Å². The third kappa shape index (κ3) is 3.61. The van der Waals surface area contributed by atoms with Crippen molar-refractivity contribution in [2.24, 2.45) is 0 Å². The molecule has 0 atom stereocenters. The number of halogens is 2. The number of carbonyl (C=O) groups is 3. The fourth-order valence-corrected chi connectivity index (χ4v) is 2.83. The lowest BCUT2D eigenvalue weighted by Gasteiger charge is -2.28. The number of nitrogens with zero attached hydrogens (tertiary/aromatic N) is 2. The summed E-state index contributed by atoms with van der Waals surface area (Å²) in [6, 6.07) is 10.2. The fourth-order valence-electron chi connectivity index (χ4n) is 2.50. The minimum absolute atomic E-state index is 0.00485. The van der Waals surface area contributed by atoms with E-state index in [0.29, 0.717) is 10.0 Å². The third-order valence-corrected chi connectivity index (χ3v) is 4.47. The van der Waals surface area contributed by atoms with Crippen LogP contribution in [0, 0.1) is 5.82 Å². The number of rotatable bonds is 3. The zero-order valence-corrected chi connectivity index (χ0v) is 16.0. The number of ether oxygens (including phenoxy) is 1. The van der Waals surface area contributed by atoms with E-state index >= 15 is 0 Å². The standard InChI is InChI=1S/C19H14BrFN2O4/c1-22-17(24)13(18(25)23(2)19(22)26)9-11-5-3-4-6-15(11)27-16-8-7-12(20)10-14(16)21/h3-10H,1-2H3. The summed E-state index contributed by atoms with van der Waals surface area (Å²) in [5, 5.41) is 0. The second kappa shape index (κ2) is 7.32. The summed E-state index contributed by atoms with van der Waals surface area (Å²) in [6.45, 7) is 0. The van der Waals surface area contributed by atoms with Crippen molar-refractivity contribution in [3.63, 3.8) is 0 Å². The molecule has 1 heterocycles. The molecule has 0 unspecified atom stereocenters. The van der Waals surface area contributed by atoms with E-state index in [0.717, 1.165) is 9.80 Å². The number of imide groups is 2. The minimum Gasteiger partial charge on any atom is -0.454 e. The molecular formula is C19H14BrFN2O4. The molecule has 2 aromatic carbocycles. The maximum absolute atomic E-state index is 14.1. The normalized spacial score (nSPS) is 14.7. The predicted molar refractivity (Wildman–Crippen MR) is 99.5 cm³/mol. The lowest BCUT2D eigenvalue weighted by Crippen LogP contribution is -2.52. The SMILES string of the molecule is CN1C(=O)C(=Cc2ccccc2Oc2ccc(Br)cc2F)C(=O)N(C)C1=O. The number of benzene rings is 2. The molecule has 0 aliphatic carbocycles. The molecule has 138 valence electrons. The molecule has 1 aliphatic rings. The molecule has 0 bridgehead atoms. The van der Waals surface area contributed by atoms with Gasteiger partial charge < -0.3 is 4.74 Å². The van der Waals surface area contributed by atoms with E-state index in [9.17, 15) is 18.8 Å². The second-order valence-corrected chi connectivity index (χ2v) is 6.70. The molecule has 2 aromatic rings. The topological polar surface area (TPSA) is 66.9 Å². The third-order valence-electron chi connectivity index (χ3n) is 3.98. The van der Waals surface area contributed by atoms with Crippen LogP contribution in [0.2, 0.25) is 0 Å². The van der Waals surface area contributed by atoms with Crippen molar-refractivity contribution < 1.29 is 23.5 Å². The predicted octanol–water partition coefficient (Wildman–Crippen LogP) is 3.81. The number of barbiturate groups is 1. The highest BCUT2D eigenvalue weighted by Crippen LogP contribution is 2.31. The number of likely N-dealkylation sites (N-methyl/N-ethyl adjacent to an activating group) is 2. The quantitative estimate of drug-likeness (QED) is 0.546. The molecule has 0 saturated carbocycles.